The Labute approximate surface area is 374 Å². The van der Waals surface area contributed by atoms with Gasteiger partial charge in [0.2, 0.25) is 17.7 Å². The number of aromatic nitrogens is 6. The van der Waals surface area contributed by atoms with Crippen LogP contribution in [-0.4, -0.2) is 92.7 Å². The lowest BCUT2D eigenvalue weighted by molar-refractivity contribution is -0.136. The van der Waals surface area contributed by atoms with Gasteiger partial charge in [0.15, 0.2) is 11.6 Å². The van der Waals surface area contributed by atoms with Crippen LogP contribution < -0.4 is 27.1 Å². The zero-order chi connectivity index (χ0) is 46.8. The molecule has 4 aromatic heterocycles. The van der Waals surface area contributed by atoms with Gasteiger partial charge in [-0.05, 0) is 59.4 Å². The Morgan fingerprint density at radius 2 is 1.77 bits per heavy atom. The fourth-order valence-electron chi connectivity index (χ4n) is 8.66. The first-order chi connectivity index (χ1) is 31.5. The van der Waals surface area contributed by atoms with Gasteiger partial charge in [-0.2, -0.15) is 14.9 Å². The Bertz CT molecular complexity index is 3190. The van der Waals surface area contributed by atoms with Crippen molar-refractivity contribution in [3.05, 3.63) is 122 Å². The standard InChI is InChI=1S/C46H44FN11O8/c1-46(2,3)26-16-24-20-50-58(45(66)38(24)31(47)18-26)40-30(23-59)28(10-12-49-40)25-17-33(43(64)54(4)21-25)51-35-19-27-22-55(14-15-56(27)53-35)37(61)11-13-48-32-7-5-6-29-39(32)44(65)57(42(29)63)34-8-9-36(60)52-41(34)62/h5-7,10,12,16-21,34,48,59H,8-9,11,13-15,22-23H2,1-4H3,(H,51,53)(H,52,60,62). The number of carbonyl (C=O) groups excluding carboxylic acids is 5. The van der Waals surface area contributed by atoms with Crippen molar-refractivity contribution < 1.29 is 33.5 Å². The van der Waals surface area contributed by atoms with E-state index in [1.165, 1.54) is 29.1 Å². The van der Waals surface area contributed by atoms with Gasteiger partial charge in [-0.3, -0.25) is 48.5 Å². The number of aliphatic hydroxyl groups excluding tert-OH is 1. The summed E-state index contributed by atoms with van der Waals surface area (Å²) in [6.45, 7) is 6.34. The molecular weight excluding hydrogens is 854 g/mol. The molecule has 0 radical (unpaired) electrons. The van der Waals surface area contributed by atoms with Gasteiger partial charge in [0.25, 0.3) is 22.9 Å². The first-order valence-corrected chi connectivity index (χ1v) is 21.2. The molecule has 4 N–H and O–H groups in total. The normalized spacial score (nSPS) is 16.1. The van der Waals surface area contributed by atoms with Crippen molar-refractivity contribution in [2.75, 3.05) is 23.7 Å². The Hall–Kier alpha value is -7.87. The Kier molecular flexibility index (Phi) is 10.9. The Morgan fingerprint density at radius 1 is 0.970 bits per heavy atom. The summed E-state index contributed by atoms with van der Waals surface area (Å²) in [7, 11) is 1.57. The molecule has 19 nitrogen and oxygen atoms in total. The molecule has 9 rings (SSSR count). The topological polar surface area (TPSA) is 236 Å². The predicted octanol–water partition coefficient (Wildman–Crippen LogP) is 3.26. The molecule has 6 aromatic rings. The highest BCUT2D eigenvalue weighted by Gasteiger charge is 2.45. The summed E-state index contributed by atoms with van der Waals surface area (Å²) in [6.07, 6.45) is 4.49. The number of hydrogen-bond acceptors (Lipinski definition) is 13. The molecule has 3 aliphatic rings. The van der Waals surface area contributed by atoms with Crippen LogP contribution in [-0.2, 0) is 46.5 Å². The average molecular weight is 898 g/mol. The number of imide groups is 2. The SMILES string of the molecule is Cn1cc(-c2ccnc(-n3ncc4cc(C(C)(C)C)cc(F)c4c3=O)c2CO)cc(Nc2cc3n(n2)CCN(C(=O)CCNc2cccc4c2C(=O)N(C2CCC(=O)NC2=O)C4=O)C3)c1=O. The fourth-order valence-corrected chi connectivity index (χ4v) is 8.66. The maximum Gasteiger partial charge on any atom is 0.283 e. The number of benzene rings is 2. The van der Waals surface area contributed by atoms with E-state index in [4.69, 9.17) is 0 Å². The number of nitrogens with one attached hydrogen (secondary N) is 3. The van der Waals surface area contributed by atoms with Gasteiger partial charge in [-0.1, -0.05) is 26.8 Å². The van der Waals surface area contributed by atoms with Crippen LogP contribution in [0.15, 0.2) is 76.7 Å². The van der Waals surface area contributed by atoms with E-state index >= 15 is 4.39 Å². The molecule has 3 aliphatic heterocycles. The van der Waals surface area contributed by atoms with Crippen LogP contribution in [0.3, 0.4) is 0 Å². The number of anilines is 3. The molecule has 1 saturated heterocycles. The van der Waals surface area contributed by atoms with Gasteiger partial charge in [0.05, 0.1) is 48.1 Å². The second kappa shape index (κ2) is 16.6. The number of halogens is 1. The van der Waals surface area contributed by atoms with Crippen LogP contribution in [0.25, 0.3) is 27.7 Å². The Balaban J connectivity index is 0.890. The van der Waals surface area contributed by atoms with Gasteiger partial charge < -0.3 is 25.2 Å². The van der Waals surface area contributed by atoms with Crippen molar-refractivity contribution in [2.24, 2.45) is 7.05 Å². The van der Waals surface area contributed by atoms with Gasteiger partial charge in [0, 0.05) is 73.6 Å². The Morgan fingerprint density at radius 3 is 2.53 bits per heavy atom. The average Bonchev–Trinajstić information content (AvgIpc) is 3.80. The lowest BCUT2D eigenvalue weighted by Gasteiger charge is -2.28. The molecule has 1 fully saturated rings. The number of aliphatic hydroxyl groups is 1. The van der Waals surface area contributed by atoms with Crippen molar-refractivity contribution in [3.8, 4) is 16.9 Å². The first kappa shape index (κ1) is 43.4. The molecule has 66 heavy (non-hydrogen) atoms. The van der Waals surface area contributed by atoms with E-state index in [0.717, 1.165) is 9.58 Å². The monoisotopic (exact) mass is 897 g/mol. The highest BCUT2D eigenvalue weighted by Crippen LogP contribution is 2.34. The molecule has 5 amide bonds. The number of nitrogens with zero attached hydrogens (tertiary/aromatic N) is 8. The predicted molar refractivity (Wildman–Crippen MR) is 238 cm³/mol. The summed E-state index contributed by atoms with van der Waals surface area (Å²) in [4.78, 5) is 98.5. The maximum atomic E-state index is 15.5. The first-order valence-electron chi connectivity index (χ1n) is 21.2. The highest BCUT2D eigenvalue weighted by molar-refractivity contribution is 6.25. The number of fused-ring (bicyclic) bond motifs is 3. The van der Waals surface area contributed by atoms with Gasteiger partial charge >= 0.3 is 0 Å². The summed E-state index contributed by atoms with van der Waals surface area (Å²) in [5, 5.41) is 28.2. The minimum absolute atomic E-state index is 0.00401. The summed E-state index contributed by atoms with van der Waals surface area (Å²) in [6, 6.07) is 11.6. The van der Waals surface area contributed by atoms with Gasteiger partial charge in [-0.15, -0.1) is 0 Å². The number of amides is 5. The highest BCUT2D eigenvalue weighted by atomic mass is 19.1. The van der Waals surface area contributed by atoms with Crippen LogP contribution in [0.1, 0.15) is 77.6 Å². The molecule has 0 aliphatic carbocycles. The van der Waals surface area contributed by atoms with E-state index in [-0.39, 0.29) is 82.8 Å². The molecule has 0 bridgehead atoms. The molecule has 0 spiro atoms. The van der Waals surface area contributed by atoms with Crippen molar-refractivity contribution in [2.45, 2.75) is 71.2 Å². The third-order valence-electron chi connectivity index (χ3n) is 12.1. The van der Waals surface area contributed by atoms with Crippen molar-refractivity contribution in [1.29, 1.82) is 0 Å². The molecule has 0 saturated carbocycles. The van der Waals surface area contributed by atoms with Gasteiger partial charge in [-0.25, -0.2) is 9.37 Å². The summed E-state index contributed by atoms with van der Waals surface area (Å²) in [5.41, 5.74) is 1.77. The van der Waals surface area contributed by atoms with Crippen molar-refractivity contribution in [1.82, 2.24) is 44.2 Å². The van der Waals surface area contributed by atoms with Crippen molar-refractivity contribution >= 4 is 57.5 Å². The quantitative estimate of drug-likeness (QED) is 0.145. The van der Waals surface area contributed by atoms with Crippen molar-refractivity contribution in [3.63, 3.8) is 0 Å². The van der Waals surface area contributed by atoms with E-state index < -0.39 is 47.7 Å². The lowest BCUT2D eigenvalue weighted by atomic mass is 9.86. The van der Waals surface area contributed by atoms with Crippen LogP contribution in [0, 0.1) is 5.82 Å². The van der Waals surface area contributed by atoms with Gasteiger partial charge in [0.1, 0.15) is 17.5 Å². The molecule has 338 valence electrons. The van der Waals surface area contributed by atoms with Crippen LogP contribution in [0.5, 0.6) is 0 Å². The van der Waals surface area contributed by atoms with E-state index in [9.17, 15) is 38.7 Å². The molecule has 1 atom stereocenters. The number of aryl methyl sites for hydroxylation is 1. The minimum atomic E-state index is -1.10. The van der Waals surface area contributed by atoms with Crippen LogP contribution in [0.4, 0.5) is 21.6 Å². The minimum Gasteiger partial charge on any atom is -0.392 e. The van der Waals surface area contributed by atoms with E-state index in [1.807, 2.05) is 20.8 Å². The second-order valence-corrected chi connectivity index (χ2v) is 17.4. The zero-order valence-corrected chi connectivity index (χ0v) is 36.3. The van der Waals surface area contributed by atoms with E-state index in [2.05, 4.69) is 31.1 Å². The summed E-state index contributed by atoms with van der Waals surface area (Å²) < 4.78 is 19.6. The molecule has 7 heterocycles. The zero-order valence-electron chi connectivity index (χ0n) is 36.3. The molecular formula is C46H44FN11O8. The molecule has 2 aromatic carbocycles. The largest absolute Gasteiger partial charge is 0.392 e. The number of pyridine rings is 2. The summed E-state index contributed by atoms with van der Waals surface area (Å²) in [5.74, 6) is -2.98. The summed E-state index contributed by atoms with van der Waals surface area (Å²) >= 11 is 0. The number of carbonyl (C=O) groups is 5. The second-order valence-electron chi connectivity index (χ2n) is 17.4. The maximum absolute atomic E-state index is 15.5. The van der Waals surface area contributed by atoms with E-state index in [0.29, 0.717) is 52.4 Å². The lowest BCUT2D eigenvalue weighted by Crippen LogP contribution is -2.54. The molecule has 20 heteroatoms. The van der Waals surface area contributed by atoms with Crippen LogP contribution >= 0.6 is 0 Å². The third-order valence-corrected chi connectivity index (χ3v) is 12.1. The number of hydrogen-bond donors (Lipinski definition) is 4. The number of rotatable bonds is 10. The van der Waals surface area contributed by atoms with Crippen LogP contribution in [0.2, 0.25) is 0 Å². The van der Waals surface area contributed by atoms with E-state index in [1.54, 1.807) is 59.2 Å². The third kappa shape index (κ3) is 7.67. The number of piperidine rings is 1. The smallest absolute Gasteiger partial charge is 0.283 e. The fraction of sp³-hybridized carbons (Fsp3) is 0.304. The molecule has 1 unspecified atom stereocenters.